The van der Waals surface area contributed by atoms with Crippen LogP contribution in [0.5, 0.6) is 0 Å². The van der Waals surface area contributed by atoms with E-state index in [0.717, 1.165) is 19.6 Å². The van der Waals surface area contributed by atoms with E-state index in [1.807, 2.05) is 0 Å². The Hall–Kier alpha value is -1.90. The second-order valence-corrected chi connectivity index (χ2v) is 8.83. The van der Waals surface area contributed by atoms with Gasteiger partial charge in [-0.2, -0.15) is 0 Å². The molecule has 0 saturated carbocycles. The number of nitrogens with zero attached hydrogens (tertiary/aromatic N) is 2. The molecule has 0 aliphatic carbocycles. The molecule has 2 heteroatoms. The lowest BCUT2D eigenvalue weighted by atomic mass is 9.82. The third-order valence-electron chi connectivity index (χ3n) is 5.47. The van der Waals surface area contributed by atoms with E-state index in [1.54, 1.807) is 0 Å². The molecular weight excluding hydrogens is 328 g/mol. The van der Waals surface area contributed by atoms with Gasteiger partial charge in [0.05, 0.1) is 0 Å². The van der Waals surface area contributed by atoms with Crippen LogP contribution >= 0.6 is 0 Å². The van der Waals surface area contributed by atoms with Gasteiger partial charge in [0.15, 0.2) is 0 Å². The molecule has 2 aromatic rings. The normalized spacial score (nSPS) is 16.9. The van der Waals surface area contributed by atoms with Crippen LogP contribution in [0.2, 0.25) is 0 Å². The number of likely N-dealkylation sites (N-methyl/N-ethyl adjacent to an activating group) is 1. The fourth-order valence-electron chi connectivity index (χ4n) is 3.86. The maximum Gasteiger partial charge on any atom is 0.0235 e. The minimum Gasteiger partial charge on any atom is -0.304 e. The van der Waals surface area contributed by atoms with Gasteiger partial charge in [0.25, 0.3) is 0 Å². The van der Waals surface area contributed by atoms with Gasteiger partial charge in [-0.25, -0.2) is 0 Å². The molecule has 2 aromatic carbocycles. The van der Waals surface area contributed by atoms with Crippen LogP contribution in [-0.4, -0.2) is 43.0 Å². The van der Waals surface area contributed by atoms with E-state index in [2.05, 4.69) is 99.2 Å². The molecule has 1 saturated heterocycles. The highest BCUT2D eigenvalue weighted by molar-refractivity contribution is 5.70. The van der Waals surface area contributed by atoms with Crippen LogP contribution in [-0.2, 0) is 12.0 Å². The fraction of sp³-hybridized carbons (Fsp3) is 0.440. The Morgan fingerprint density at radius 2 is 1.63 bits per heavy atom. The number of hydrogen-bond donors (Lipinski definition) is 0. The molecule has 0 bridgehead atoms. The maximum absolute atomic E-state index is 2.56. The molecule has 0 unspecified atom stereocenters. The summed E-state index contributed by atoms with van der Waals surface area (Å²) in [5.41, 5.74) is 6.90. The van der Waals surface area contributed by atoms with E-state index < -0.39 is 0 Å². The summed E-state index contributed by atoms with van der Waals surface area (Å²) in [6.07, 6.45) is 4.37. The smallest absolute Gasteiger partial charge is 0.0235 e. The van der Waals surface area contributed by atoms with Crippen molar-refractivity contribution < 1.29 is 0 Å². The highest BCUT2D eigenvalue weighted by atomic mass is 15.2. The SMILES string of the molecule is C/C=C\c1cc(-c2cccc(CN3CCN(C)CC3)c2)ccc1C(C)(C)C. The molecule has 1 aliphatic heterocycles. The second-order valence-electron chi connectivity index (χ2n) is 8.83. The number of allylic oxidation sites excluding steroid dienone is 1. The standard InChI is InChI=1S/C25H34N2/c1-6-8-23-18-22(11-12-24(23)25(2,3)4)21-10-7-9-20(17-21)19-27-15-13-26(5)14-16-27/h6-12,17-18H,13-16,19H2,1-5H3/b8-6-. The average Bonchev–Trinajstić information content (AvgIpc) is 2.63. The molecule has 1 heterocycles. The van der Waals surface area contributed by atoms with Crippen LogP contribution in [0.15, 0.2) is 48.5 Å². The van der Waals surface area contributed by atoms with Gasteiger partial charge in [-0.3, -0.25) is 4.90 Å². The summed E-state index contributed by atoms with van der Waals surface area (Å²) >= 11 is 0. The van der Waals surface area contributed by atoms with Crippen LogP contribution < -0.4 is 0 Å². The summed E-state index contributed by atoms with van der Waals surface area (Å²) in [4.78, 5) is 4.97. The molecule has 0 spiro atoms. The van der Waals surface area contributed by atoms with Crippen LogP contribution in [0.4, 0.5) is 0 Å². The van der Waals surface area contributed by atoms with Crippen LogP contribution in [0.3, 0.4) is 0 Å². The molecule has 27 heavy (non-hydrogen) atoms. The van der Waals surface area contributed by atoms with Gasteiger partial charge >= 0.3 is 0 Å². The molecule has 1 fully saturated rings. The van der Waals surface area contributed by atoms with Gasteiger partial charge in [-0.15, -0.1) is 0 Å². The molecule has 0 N–H and O–H groups in total. The Bertz CT molecular complexity index is 790. The summed E-state index contributed by atoms with van der Waals surface area (Å²) in [6, 6.07) is 16.0. The minimum atomic E-state index is 0.149. The Labute approximate surface area is 165 Å². The Morgan fingerprint density at radius 3 is 2.30 bits per heavy atom. The summed E-state index contributed by atoms with van der Waals surface area (Å²) in [5.74, 6) is 0. The summed E-state index contributed by atoms with van der Waals surface area (Å²) in [5, 5.41) is 0. The summed E-state index contributed by atoms with van der Waals surface area (Å²) in [6.45, 7) is 14.6. The Morgan fingerprint density at radius 1 is 0.926 bits per heavy atom. The van der Waals surface area contributed by atoms with E-state index in [4.69, 9.17) is 0 Å². The van der Waals surface area contributed by atoms with Gasteiger partial charge in [-0.1, -0.05) is 63.3 Å². The van der Waals surface area contributed by atoms with E-state index in [-0.39, 0.29) is 5.41 Å². The van der Waals surface area contributed by atoms with E-state index >= 15 is 0 Å². The van der Waals surface area contributed by atoms with E-state index in [9.17, 15) is 0 Å². The first-order chi connectivity index (χ1) is 12.9. The fourth-order valence-corrected chi connectivity index (χ4v) is 3.86. The van der Waals surface area contributed by atoms with Crippen molar-refractivity contribution in [2.24, 2.45) is 0 Å². The lowest BCUT2D eigenvalue weighted by Crippen LogP contribution is -2.43. The van der Waals surface area contributed by atoms with Crippen molar-refractivity contribution in [2.75, 3.05) is 33.2 Å². The molecule has 144 valence electrons. The molecule has 0 aromatic heterocycles. The van der Waals surface area contributed by atoms with Crippen molar-refractivity contribution in [1.82, 2.24) is 9.80 Å². The molecular formula is C25H34N2. The highest BCUT2D eigenvalue weighted by Crippen LogP contribution is 2.31. The minimum absolute atomic E-state index is 0.149. The van der Waals surface area contributed by atoms with Crippen molar-refractivity contribution in [3.05, 3.63) is 65.2 Å². The van der Waals surface area contributed by atoms with E-state index in [0.29, 0.717) is 0 Å². The van der Waals surface area contributed by atoms with Crippen molar-refractivity contribution in [3.63, 3.8) is 0 Å². The van der Waals surface area contributed by atoms with Gasteiger partial charge in [0.1, 0.15) is 0 Å². The van der Waals surface area contributed by atoms with Crippen LogP contribution in [0.1, 0.15) is 44.4 Å². The van der Waals surface area contributed by atoms with Gasteiger partial charge in [0, 0.05) is 32.7 Å². The highest BCUT2D eigenvalue weighted by Gasteiger charge is 2.18. The Kier molecular flexibility index (Phi) is 6.18. The first kappa shape index (κ1) is 19.9. The molecule has 3 rings (SSSR count). The largest absolute Gasteiger partial charge is 0.304 e. The van der Waals surface area contributed by atoms with Crippen molar-refractivity contribution in [1.29, 1.82) is 0 Å². The molecule has 1 aliphatic rings. The number of piperazine rings is 1. The maximum atomic E-state index is 2.56. The van der Waals surface area contributed by atoms with Gasteiger partial charge in [0.2, 0.25) is 0 Å². The lowest BCUT2D eigenvalue weighted by Gasteiger charge is -2.32. The first-order valence-electron chi connectivity index (χ1n) is 10.1. The first-order valence-corrected chi connectivity index (χ1v) is 10.1. The monoisotopic (exact) mass is 362 g/mol. The predicted octanol–water partition coefficient (Wildman–Crippen LogP) is 5.43. The number of benzene rings is 2. The molecule has 0 amide bonds. The third-order valence-corrected chi connectivity index (χ3v) is 5.47. The summed E-state index contributed by atoms with van der Waals surface area (Å²) < 4.78 is 0. The van der Waals surface area contributed by atoms with Crippen LogP contribution in [0.25, 0.3) is 17.2 Å². The lowest BCUT2D eigenvalue weighted by molar-refractivity contribution is 0.148. The predicted molar refractivity (Wildman–Crippen MR) is 118 cm³/mol. The topological polar surface area (TPSA) is 6.48 Å². The Balaban J connectivity index is 1.85. The van der Waals surface area contributed by atoms with Gasteiger partial charge in [-0.05, 0) is 59.3 Å². The van der Waals surface area contributed by atoms with Crippen molar-refractivity contribution in [2.45, 2.75) is 39.7 Å². The second kappa shape index (κ2) is 8.41. The quantitative estimate of drug-likeness (QED) is 0.715. The van der Waals surface area contributed by atoms with Gasteiger partial charge < -0.3 is 4.90 Å². The zero-order valence-corrected chi connectivity index (χ0v) is 17.6. The number of hydrogen-bond acceptors (Lipinski definition) is 2. The van der Waals surface area contributed by atoms with Crippen molar-refractivity contribution in [3.8, 4) is 11.1 Å². The van der Waals surface area contributed by atoms with Crippen LogP contribution in [0, 0.1) is 0 Å². The summed E-state index contributed by atoms with van der Waals surface area (Å²) in [7, 11) is 2.21. The molecule has 0 radical (unpaired) electrons. The molecule has 2 nitrogen and oxygen atoms in total. The average molecular weight is 363 g/mol. The zero-order chi connectivity index (χ0) is 19.4. The third kappa shape index (κ3) is 5.09. The van der Waals surface area contributed by atoms with E-state index in [1.165, 1.54) is 40.9 Å². The zero-order valence-electron chi connectivity index (χ0n) is 17.6. The number of rotatable bonds is 4. The molecule has 0 atom stereocenters. The van der Waals surface area contributed by atoms with Crippen molar-refractivity contribution >= 4 is 6.08 Å².